The SMILES string of the molecule is C#Cc1cnc(C(=O)Cc2ccc(CC(=O)NCCCO)cc2C2=CCC(C)(C)CC2)[nH]1.CCN(C)CCCc1ccc(CC(=O)c2ccc(C)o2)c(N2CCC(C)CC2)c1.Cc1cnc(C(=O)Cc2ccc(CCN3CCOCC3)cc2C2=CCC(C)(C)CC2)[nH]1.Cl. The summed E-state index contributed by atoms with van der Waals surface area (Å²) in [6, 6.07) is 22.9. The highest BCUT2D eigenvalue weighted by molar-refractivity contribution is 5.97. The number of hydrogen-bond acceptors (Lipinski definition) is 12. The zero-order chi connectivity index (χ0) is 65.8. The van der Waals surface area contributed by atoms with Crippen LogP contribution in [0.2, 0.25) is 0 Å². The van der Waals surface area contributed by atoms with Crippen LogP contribution in [0.1, 0.15) is 199 Å². The van der Waals surface area contributed by atoms with Crippen molar-refractivity contribution in [2.75, 3.05) is 84.1 Å². The van der Waals surface area contributed by atoms with Crippen molar-refractivity contribution in [2.45, 2.75) is 158 Å². The number of benzene rings is 3. The number of aliphatic hydroxyl groups is 1. The number of rotatable bonds is 25. The molecule has 2 aliphatic carbocycles. The molecule has 16 heteroatoms. The molecule has 0 radical (unpaired) electrons. The Kier molecular flexibility index (Phi) is 27.8. The maximum atomic E-state index is 12.9. The second-order valence-electron chi connectivity index (χ2n) is 27.5. The topological polar surface area (TPSA) is 190 Å². The van der Waals surface area contributed by atoms with Crippen molar-refractivity contribution < 1.29 is 33.4 Å². The average molecular weight is 1290 g/mol. The number of H-pyrrole nitrogens is 2. The zero-order valence-corrected chi connectivity index (χ0v) is 57.8. The number of halogens is 1. The lowest BCUT2D eigenvalue weighted by molar-refractivity contribution is -0.120. The van der Waals surface area contributed by atoms with E-state index in [1.165, 1.54) is 59.0 Å². The average Bonchev–Trinajstić information content (AvgIpc) is 1.09. The lowest BCUT2D eigenvalue weighted by Crippen LogP contribution is -2.37. The van der Waals surface area contributed by atoms with Crippen molar-refractivity contribution in [1.82, 2.24) is 35.1 Å². The standard InChI is InChI=1S/C26H31N3O3.C26H35N3O2.C25H36N2O2.ClH/c1-4-21-17-28-25(29-21)23(31)16-20-7-6-18(15-24(32)27-12-5-13-30)14-22(20)19-8-10-26(2,3)11-9-19;1-19-18-27-25(28-19)24(30)17-22-5-4-20(8-11-29-12-14-31-15-13-29)16-23(22)21-6-9-26(2,3)10-7-21;1-5-26(4)14-6-7-21-9-10-22(18-24(28)25-11-8-20(3)29-25)23(17-21)27-15-12-19(2)13-16-27;/h1,6-8,14,17,30H,5,9-13,15-16H2,2-3H3,(H,27,32)(H,28,29);4-6,16,18H,7-15,17H2,1-3H3,(H,27,28);8-11,17,19H,5-7,12-16,18H2,1-4H3;1H. The van der Waals surface area contributed by atoms with Crippen LogP contribution in [0.15, 0.2) is 95.7 Å². The third kappa shape index (κ3) is 22.5. The number of morpholine rings is 1. The number of nitrogens with one attached hydrogen (secondary N) is 3. The maximum absolute atomic E-state index is 12.9. The molecule has 2 aliphatic heterocycles. The number of aromatic amines is 2. The highest BCUT2D eigenvalue weighted by Crippen LogP contribution is 2.41. The van der Waals surface area contributed by atoms with E-state index in [0.717, 1.165) is 156 Å². The molecule has 0 unspecified atom stereocenters. The highest BCUT2D eigenvalue weighted by atomic mass is 35.5. The second-order valence-corrected chi connectivity index (χ2v) is 27.5. The molecule has 2 fully saturated rings. The second kappa shape index (κ2) is 35.4. The van der Waals surface area contributed by atoms with E-state index >= 15 is 0 Å². The maximum Gasteiger partial charge on any atom is 0.224 e. The quantitative estimate of drug-likeness (QED) is 0.0241. The Hall–Kier alpha value is -7.19. The Labute approximate surface area is 559 Å². The van der Waals surface area contributed by atoms with Crippen molar-refractivity contribution in [3.8, 4) is 12.3 Å². The summed E-state index contributed by atoms with van der Waals surface area (Å²) in [5.74, 6) is 5.10. The number of anilines is 1. The summed E-state index contributed by atoms with van der Waals surface area (Å²) in [7, 11) is 2.17. The molecule has 0 bridgehead atoms. The summed E-state index contributed by atoms with van der Waals surface area (Å²) in [6.45, 7) is 27.1. The van der Waals surface area contributed by atoms with E-state index in [-0.39, 0.29) is 66.4 Å². The fraction of sp³-hybridized carbons (Fsp3) is 0.506. The molecular weight excluding hydrogens is 1180 g/mol. The van der Waals surface area contributed by atoms with E-state index in [1.54, 1.807) is 12.3 Å². The number of imidazole rings is 2. The van der Waals surface area contributed by atoms with Gasteiger partial charge in [0.25, 0.3) is 0 Å². The monoisotopic (exact) mass is 1290 g/mol. The van der Waals surface area contributed by atoms with Crippen LogP contribution in [-0.4, -0.2) is 137 Å². The summed E-state index contributed by atoms with van der Waals surface area (Å²) >= 11 is 0. The molecule has 1 amide bonds. The highest BCUT2D eigenvalue weighted by Gasteiger charge is 2.27. The molecule has 4 aliphatic rings. The van der Waals surface area contributed by atoms with Crippen molar-refractivity contribution in [2.24, 2.45) is 16.7 Å². The van der Waals surface area contributed by atoms with Gasteiger partial charge in [-0.15, -0.1) is 18.8 Å². The third-order valence-corrected chi connectivity index (χ3v) is 18.7. The number of aryl methyl sites for hydroxylation is 3. The van der Waals surface area contributed by atoms with Crippen LogP contribution in [-0.2, 0) is 48.1 Å². The van der Waals surface area contributed by atoms with Crippen LogP contribution in [0.3, 0.4) is 0 Å². The molecule has 3 aromatic carbocycles. The number of allylic oxidation sites excluding steroid dienone is 4. The first kappa shape index (κ1) is 73.2. The molecule has 4 N–H and O–H groups in total. The summed E-state index contributed by atoms with van der Waals surface area (Å²) < 4.78 is 11.0. The number of ether oxygens (including phenoxy) is 1. The summed E-state index contributed by atoms with van der Waals surface area (Å²) in [5.41, 5.74) is 14.9. The molecule has 0 atom stereocenters. The Morgan fingerprint density at radius 3 is 1.86 bits per heavy atom. The molecule has 6 aromatic rings. The van der Waals surface area contributed by atoms with E-state index in [2.05, 4.69) is 143 Å². The van der Waals surface area contributed by atoms with Gasteiger partial charge >= 0.3 is 0 Å². The fourth-order valence-electron chi connectivity index (χ4n) is 12.3. The molecule has 3 aromatic heterocycles. The lowest BCUT2D eigenvalue weighted by Gasteiger charge is -2.34. The van der Waals surface area contributed by atoms with E-state index in [4.69, 9.17) is 20.7 Å². The van der Waals surface area contributed by atoms with E-state index in [0.29, 0.717) is 48.5 Å². The number of piperidine rings is 1. The predicted octanol–water partition coefficient (Wildman–Crippen LogP) is 13.6. The van der Waals surface area contributed by atoms with Crippen molar-refractivity contribution in [3.63, 3.8) is 0 Å². The number of amides is 1. The Morgan fingerprint density at radius 1 is 0.731 bits per heavy atom. The fourth-order valence-corrected chi connectivity index (χ4v) is 12.3. The van der Waals surface area contributed by atoms with Gasteiger partial charge in [0.15, 0.2) is 17.4 Å². The smallest absolute Gasteiger partial charge is 0.224 e. The van der Waals surface area contributed by atoms with Crippen molar-refractivity contribution >= 4 is 52.5 Å². The van der Waals surface area contributed by atoms with E-state index in [1.807, 2.05) is 38.1 Å². The largest absolute Gasteiger partial charge is 0.458 e. The summed E-state index contributed by atoms with van der Waals surface area (Å²) in [6.07, 6.45) is 27.0. The Balaban J connectivity index is 0.000000197. The van der Waals surface area contributed by atoms with Gasteiger partial charge in [-0.1, -0.05) is 108 Å². The molecule has 93 heavy (non-hydrogen) atoms. The first-order chi connectivity index (χ1) is 44.2. The minimum absolute atomic E-state index is 0. The number of aromatic nitrogens is 4. The first-order valence-electron chi connectivity index (χ1n) is 33.7. The van der Waals surface area contributed by atoms with Gasteiger partial charge in [-0.05, 0) is 202 Å². The van der Waals surface area contributed by atoms with Crippen LogP contribution in [0, 0.1) is 42.9 Å². The molecule has 0 spiro atoms. The molecule has 5 heterocycles. The van der Waals surface area contributed by atoms with Crippen LogP contribution in [0.4, 0.5) is 5.69 Å². The van der Waals surface area contributed by atoms with Crippen LogP contribution in [0.25, 0.3) is 11.1 Å². The summed E-state index contributed by atoms with van der Waals surface area (Å²) in [4.78, 5) is 72.3. The molecule has 2 saturated heterocycles. The molecular formula is C77H103ClN8O7. The molecule has 500 valence electrons. The van der Waals surface area contributed by atoms with Gasteiger partial charge in [0.05, 0.1) is 25.8 Å². The van der Waals surface area contributed by atoms with Gasteiger partial charge in [0, 0.05) is 82.7 Å². The normalized spacial score (nSPS) is 16.3. The predicted molar refractivity (Wildman–Crippen MR) is 377 cm³/mol. The van der Waals surface area contributed by atoms with Crippen molar-refractivity contribution in [3.05, 3.63) is 170 Å². The number of Topliss-reactive ketones (excluding diaryl/α,β-unsaturated/α-hetero) is 3. The van der Waals surface area contributed by atoms with Gasteiger partial charge in [-0.25, -0.2) is 9.97 Å². The lowest BCUT2D eigenvalue weighted by atomic mass is 9.76. The van der Waals surface area contributed by atoms with Gasteiger partial charge in [-0.3, -0.25) is 24.1 Å². The first-order valence-corrected chi connectivity index (χ1v) is 33.7. The molecule has 15 nitrogen and oxygen atoms in total. The molecule has 10 rings (SSSR count). The minimum atomic E-state index is -0.126. The van der Waals surface area contributed by atoms with Gasteiger partial charge in [0.1, 0.15) is 11.5 Å². The van der Waals surface area contributed by atoms with Gasteiger partial charge < -0.3 is 39.3 Å². The number of aliphatic hydroxyl groups excluding tert-OH is 1. The zero-order valence-electron chi connectivity index (χ0n) is 56.9. The number of furan rings is 1. The molecule has 0 saturated carbocycles. The number of terminal acetylenes is 1. The number of carbonyl (C=O) groups is 4. The Bertz CT molecular complexity index is 3550. The number of carbonyl (C=O) groups excluding carboxylic acids is 4. The van der Waals surface area contributed by atoms with E-state index in [9.17, 15) is 19.2 Å². The summed E-state index contributed by atoms with van der Waals surface area (Å²) in [5, 5.41) is 11.7. The van der Waals surface area contributed by atoms with Crippen LogP contribution in [0.5, 0.6) is 0 Å². The van der Waals surface area contributed by atoms with Gasteiger partial charge in [-0.2, -0.15) is 0 Å². The van der Waals surface area contributed by atoms with Crippen LogP contribution >= 0.6 is 12.4 Å². The number of nitrogens with zero attached hydrogens (tertiary/aromatic N) is 5. The minimum Gasteiger partial charge on any atom is -0.458 e. The number of hydrogen-bond donors (Lipinski definition) is 4. The Morgan fingerprint density at radius 2 is 1.31 bits per heavy atom. The third-order valence-electron chi connectivity index (χ3n) is 18.7. The number of ketones is 3. The van der Waals surface area contributed by atoms with Crippen LogP contribution < -0.4 is 10.2 Å². The van der Waals surface area contributed by atoms with Gasteiger partial charge in [0.2, 0.25) is 23.3 Å². The van der Waals surface area contributed by atoms with E-state index < -0.39 is 0 Å². The van der Waals surface area contributed by atoms with Crippen molar-refractivity contribution in [1.29, 1.82) is 0 Å².